The molecule has 1 atom stereocenters. The molecule has 3 rings (SSSR count). The van der Waals surface area contributed by atoms with E-state index in [1.807, 2.05) is 18.2 Å². The van der Waals surface area contributed by atoms with Crippen molar-refractivity contribution in [2.24, 2.45) is 5.92 Å². The Balaban J connectivity index is 2.01. The normalized spacial score (nSPS) is 22.5. The van der Waals surface area contributed by atoms with E-state index in [2.05, 4.69) is 6.07 Å². The summed E-state index contributed by atoms with van der Waals surface area (Å²) in [6, 6.07) is 8.10. The highest BCUT2D eigenvalue weighted by Crippen LogP contribution is 2.40. The van der Waals surface area contributed by atoms with E-state index in [0.29, 0.717) is 19.4 Å². The monoisotopic (exact) mass is 230 g/mol. The molecule has 1 aromatic rings. The van der Waals surface area contributed by atoms with Crippen molar-refractivity contribution in [1.29, 1.82) is 0 Å². The van der Waals surface area contributed by atoms with Crippen LogP contribution in [-0.2, 0) is 16.1 Å². The molecule has 0 bridgehead atoms. The SMILES string of the molecule is O=C(O)C1CCC2=C(C1)c1ccccc1CO2. The average Bonchev–Trinajstić information content (AvgIpc) is 2.38. The Morgan fingerprint density at radius 1 is 1.35 bits per heavy atom. The maximum absolute atomic E-state index is 11.1. The minimum Gasteiger partial charge on any atom is -0.493 e. The van der Waals surface area contributed by atoms with Gasteiger partial charge in [-0.1, -0.05) is 24.3 Å². The van der Waals surface area contributed by atoms with Crippen LogP contribution in [0.5, 0.6) is 0 Å². The van der Waals surface area contributed by atoms with E-state index in [9.17, 15) is 4.79 Å². The number of benzene rings is 1. The molecule has 3 heteroatoms. The van der Waals surface area contributed by atoms with Gasteiger partial charge in [-0.25, -0.2) is 0 Å². The first-order valence-electron chi connectivity index (χ1n) is 5.91. The lowest BCUT2D eigenvalue weighted by Crippen LogP contribution is -2.21. The molecular weight excluding hydrogens is 216 g/mol. The van der Waals surface area contributed by atoms with Crippen molar-refractivity contribution in [2.45, 2.75) is 25.9 Å². The zero-order chi connectivity index (χ0) is 11.8. The highest BCUT2D eigenvalue weighted by Gasteiger charge is 2.30. The Morgan fingerprint density at radius 3 is 3.00 bits per heavy atom. The van der Waals surface area contributed by atoms with Crippen LogP contribution in [-0.4, -0.2) is 11.1 Å². The number of allylic oxidation sites excluding steroid dienone is 2. The molecule has 1 heterocycles. The van der Waals surface area contributed by atoms with Crippen LogP contribution in [0.3, 0.4) is 0 Å². The summed E-state index contributed by atoms with van der Waals surface area (Å²) < 4.78 is 5.72. The summed E-state index contributed by atoms with van der Waals surface area (Å²) >= 11 is 0. The Morgan fingerprint density at radius 2 is 2.18 bits per heavy atom. The molecule has 1 N–H and O–H groups in total. The van der Waals surface area contributed by atoms with Gasteiger partial charge in [0.1, 0.15) is 12.4 Å². The number of ether oxygens (including phenoxy) is 1. The van der Waals surface area contributed by atoms with Crippen LogP contribution in [0, 0.1) is 5.92 Å². The number of carboxylic acids is 1. The second-order valence-corrected chi connectivity index (χ2v) is 4.63. The molecule has 0 saturated heterocycles. The standard InChI is InChI=1S/C14H14O3/c15-14(16)9-5-6-13-12(7-9)11-4-2-1-3-10(11)8-17-13/h1-4,9H,5-8H2,(H,15,16). The van der Waals surface area contributed by atoms with Crippen molar-refractivity contribution >= 4 is 11.5 Å². The lowest BCUT2D eigenvalue weighted by atomic mass is 9.82. The first-order valence-corrected chi connectivity index (χ1v) is 5.91. The summed E-state index contributed by atoms with van der Waals surface area (Å²) in [5.74, 6) is 0.0457. The number of hydrogen-bond donors (Lipinski definition) is 1. The highest BCUT2D eigenvalue weighted by molar-refractivity contribution is 5.78. The number of hydrogen-bond acceptors (Lipinski definition) is 2. The van der Waals surface area contributed by atoms with Gasteiger partial charge in [-0.15, -0.1) is 0 Å². The average molecular weight is 230 g/mol. The molecule has 88 valence electrons. The minimum atomic E-state index is -0.695. The van der Waals surface area contributed by atoms with E-state index in [4.69, 9.17) is 9.84 Å². The lowest BCUT2D eigenvalue weighted by molar-refractivity contribution is -0.142. The summed E-state index contributed by atoms with van der Waals surface area (Å²) in [6.07, 6.45) is 2.04. The van der Waals surface area contributed by atoms with Gasteiger partial charge in [0.15, 0.2) is 0 Å². The molecule has 0 fully saturated rings. The Labute approximate surface area is 99.7 Å². The quantitative estimate of drug-likeness (QED) is 0.807. The topological polar surface area (TPSA) is 46.5 Å². The second-order valence-electron chi connectivity index (χ2n) is 4.63. The Hall–Kier alpha value is -1.77. The van der Waals surface area contributed by atoms with Crippen molar-refractivity contribution in [3.63, 3.8) is 0 Å². The highest BCUT2D eigenvalue weighted by atomic mass is 16.5. The molecule has 3 nitrogen and oxygen atoms in total. The third-order valence-electron chi connectivity index (χ3n) is 3.60. The van der Waals surface area contributed by atoms with Crippen LogP contribution in [0.4, 0.5) is 0 Å². The van der Waals surface area contributed by atoms with Crippen LogP contribution >= 0.6 is 0 Å². The van der Waals surface area contributed by atoms with Gasteiger partial charge in [0.25, 0.3) is 0 Å². The van der Waals surface area contributed by atoms with Crippen LogP contribution in [0.2, 0.25) is 0 Å². The molecule has 0 aromatic heterocycles. The molecular formula is C14H14O3. The fourth-order valence-electron chi connectivity index (χ4n) is 2.65. The molecule has 1 unspecified atom stereocenters. The van der Waals surface area contributed by atoms with E-state index in [-0.39, 0.29) is 5.92 Å². The van der Waals surface area contributed by atoms with Crippen LogP contribution in [0.15, 0.2) is 30.0 Å². The van der Waals surface area contributed by atoms with E-state index < -0.39 is 5.97 Å². The van der Waals surface area contributed by atoms with Crippen LogP contribution < -0.4 is 0 Å². The number of aliphatic carboxylic acids is 1. The predicted molar refractivity (Wildman–Crippen MR) is 63.1 cm³/mol. The molecule has 0 spiro atoms. The van der Waals surface area contributed by atoms with Crippen molar-refractivity contribution < 1.29 is 14.6 Å². The first-order chi connectivity index (χ1) is 8.25. The third kappa shape index (κ3) is 1.71. The van der Waals surface area contributed by atoms with Gasteiger partial charge in [-0.2, -0.15) is 0 Å². The minimum absolute atomic E-state index is 0.261. The van der Waals surface area contributed by atoms with Crippen LogP contribution in [0.25, 0.3) is 5.57 Å². The maximum atomic E-state index is 11.1. The molecule has 2 aliphatic rings. The van der Waals surface area contributed by atoms with Crippen molar-refractivity contribution in [3.05, 3.63) is 41.2 Å². The molecule has 17 heavy (non-hydrogen) atoms. The largest absolute Gasteiger partial charge is 0.493 e. The van der Waals surface area contributed by atoms with Crippen molar-refractivity contribution in [2.75, 3.05) is 0 Å². The van der Waals surface area contributed by atoms with Gasteiger partial charge in [-0.05, 0) is 29.5 Å². The lowest BCUT2D eigenvalue weighted by Gasteiger charge is -2.30. The summed E-state index contributed by atoms with van der Waals surface area (Å²) in [5.41, 5.74) is 3.45. The van der Waals surface area contributed by atoms with Gasteiger partial charge in [0.05, 0.1) is 5.92 Å². The van der Waals surface area contributed by atoms with E-state index in [1.165, 1.54) is 5.56 Å². The Bertz CT molecular complexity index is 502. The fourth-order valence-corrected chi connectivity index (χ4v) is 2.65. The Kier molecular flexibility index (Phi) is 2.39. The van der Waals surface area contributed by atoms with Crippen molar-refractivity contribution in [1.82, 2.24) is 0 Å². The van der Waals surface area contributed by atoms with E-state index >= 15 is 0 Å². The fraction of sp³-hybridized carbons (Fsp3) is 0.357. The third-order valence-corrected chi connectivity index (χ3v) is 3.60. The van der Waals surface area contributed by atoms with Gasteiger partial charge in [0.2, 0.25) is 0 Å². The van der Waals surface area contributed by atoms with Gasteiger partial charge < -0.3 is 9.84 Å². The van der Waals surface area contributed by atoms with Gasteiger partial charge >= 0.3 is 5.97 Å². The number of rotatable bonds is 1. The zero-order valence-electron chi connectivity index (χ0n) is 9.48. The van der Waals surface area contributed by atoms with E-state index in [0.717, 1.165) is 23.3 Å². The van der Waals surface area contributed by atoms with E-state index in [1.54, 1.807) is 0 Å². The molecule has 1 aliphatic carbocycles. The molecule has 0 amide bonds. The zero-order valence-corrected chi connectivity index (χ0v) is 9.48. The smallest absolute Gasteiger partial charge is 0.306 e. The number of carboxylic acid groups (broad SMARTS) is 1. The summed E-state index contributed by atoms with van der Waals surface area (Å²) in [5, 5.41) is 9.11. The first kappa shape index (κ1) is 10.4. The summed E-state index contributed by atoms with van der Waals surface area (Å²) in [6.45, 7) is 0.618. The molecule has 1 aromatic carbocycles. The molecule has 0 radical (unpaired) electrons. The molecule has 1 aliphatic heterocycles. The number of carbonyl (C=O) groups is 1. The summed E-state index contributed by atoms with van der Waals surface area (Å²) in [7, 11) is 0. The van der Waals surface area contributed by atoms with Gasteiger partial charge in [0, 0.05) is 6.42 Å². The maximum Gasteiger partial charge on any atom is 0.306 e. The summed E-state index contributed by atoms with van der Waals surface area (Å²) in [4.78, 5) is 11.1. The molecule has 0 saturated carbocycles. The predicted octanol–water partition coefficient (Wildman–Crippen LogP) is 2.81. The van der Waals surface area contributed by atoms with Crippen LogP contribution in [0.1, 0.15) is 30.4 Å². The van der Waals surface area contributed by atoms with Gasteiger partial charge in [-0.3, -0.25) is 4.79 Å². The number of fused-ring (bicyclic) bond motifs is 2. The van der Waals surface area contributed by atoms with Crippen molar-refractivity contribution in [3.8, 4) is 0 Å². The second kappa shape index (κ2) is 3.91.